The maximum absolute atomic E-state index is 13.2. The summed E-state index contributed by atoms with van der Waals surface area (Å²) >= 11 is 1.42. The number of hydrogen-bond donors (Lipinski definition) is 1. The van der Waals surface area contributed by atoms with Gasteiger partial charge in [0.05, 0.1) is 11.6 Å². The summed E-state index contributed by atoms with van der Waals surface area (Å²) in [5, 5.41) is 12.6. The topological polar surface area (TPSA) is 60.9 Å². The summed E-state index contributed by atoms with van der Waals surface area (Å²) < 4.78 is 13.2. The van der Waals surface area contributed by atoms with Crippen molar-refractivity contribution >= 4 is 28.8 Å². The third kappa shape index (κ3) is 3.94. The summed E-state index contributed by atoms with van der Waals surface area (Å²) in [5.41, 5.74) is 0.364. The Morgan fingerprint density at radius 3 is 2.52 bits per heavy atom. The zero-order chi connectivity index (χ0) is 19.6. The normalized spacial score (nSPS) is 19.3. The van der Waals surface area contributed by atoms with Gasteiger partial charge in [0, 0.05) is 17.0 Å². The molecule has 1 amide bonds. The molecule has 1 saturated heterocycles. The lowest BCUT2D eigenvalue weighted by molar-refractivity contribution is -0.139. The van der Waals surface area contributed by atoms with E-state index in [9.17, 15) is 19.1 Å². The SMILES string of the molecule is CN(C)CCCN1C(=O)C(=O)/C(=C(/O)c2ccc(F)cc2)C1c1cccs1. The van der Waals surface area contributed by atoms with E-state index < -0.39 is 23.5 Å². The van der Waals surface area contributed by atoms with Crippen LogP contribution in [0.15, 0.2) is 47.4 Å². The third-order valence-corrected chi connectivity index (χ3v) is 5.40. The van der Waals surface area contributed by atoms with Crippen LogP contribution in [0.3, 0.4) is 0 Å². The molecule has 0 saturated carbocycles. The molecule has 1 N–H and O–H groups in total. The van der Waals surface area contributed by atoms with Gasteiger partial charge in [-0.05, 0) is 62.8 Å². The number of Topliss-reactive ketones (excluding diaryl/α,β-unsaturated/α-hetero) is 1. The summed E-state index contributed by atoms with van der Waals surface area (Å²) in [6.45, 7) is 1.18. The minimum absolute atomic E-state index is 0.0545. The number of amides is 1. The van der Waals surface area contributed by atoms with E-state index in [1.807, 2.05) is 36.5 Å². The highest BCUT2D eigenvalue weighted by atomic mass is 32.1. The number of carbonyl (C=O) groups excluding carboxylic acids is 2. The number of aliphatic hydroxyl groups excluding tert-OH is 1. The largest absolute Gasteiger partial charge is 0.507 e. The van der Waals surface area contributed by atoms with Crippen molar-refractivity contribution in [2.24, 2.45) is 0 Å². The molecule has 1 fully saturated rings. The summed E-state index contributed by atoms with van der Waals surface area (Å²) in [6.07, 6.45) is 0.707. The van der Waals surface area contributed by atoms with E-state index in [-0.39, 0.29) is 11.3 Å². The number of thiophene rings is 1. The van der Waals surface area contributed by atoms with E-state index in [0.29, 0.717) is 18.5 Å². The van der Waals surface area contributed by atoms with Crippen molar-refractivity contribution in [2.75, 3.05) is 27.2 Å². The van der Waals surface area contributed by atoms with Crippen LogP contribution in [0.1, 0.15) is 22.9 Å². The Kier molecular flexibility index (Phi) is 5.72. The third-order valence-electron chi connectivity index (χ3n) is 4.47. The van der Waals surface area contributed by atoms with E-state index in [1.165, 1.54) is 40.5 Å². The summed E-state index contributed by atoms with van der Waals surface area (Å²) in [4.78, 5) is 29.7. The summed E-state index contributed by atoms with van der Waals surface area (Å²) in [5.74, 6) is -2.04. The van der Waals surface area contributed by atoms with Crippen LogP contribution in [0.2, 0.25) is 0 Å². The predicted molar refractivity (Wildman–Crippen MR) is 103 cm³/mol. The Hall–Kier alpha value is -2.51. The number of aliphatic hydroxyl groups is 1. The van der Waals surface area contributed by atoms with Crippen LogP contribution in [0, 0.1) is 5.82 Å². The molecule has 1 unspecified atom stereocenters. The molecule has 0 spiro atoms. The van der Waals surface area contributed by atoms with Crippen LogP contribution in [0.4, 0.5) is 4.39 Å². The first-order valence-electron chi connectivity index (χ1n) is 8.62. The lowest BCUT2D eigenvalue weighted by Crippen LogP contribution is -2.32. The molecule has 1 aliphatic heterocycles. The van der Waals surface area contributed by atoms with Gasteiger partial charge in [-0.1, -0.05) is 6.07 Å². The van der Waals surface area contributed by atoms with Crippen molar-refractivity contribution in [3.8, 4) is 0 Å². The fourth-order valence-electron chi connectivity index (χ4n) is 3.17. The average molecular weight is 388 g/mol. The van der Waals surface area contributed by atoms with Crippen LogP contribution >= 0.6 is 11.3 Å². The molecule has 0 radical (unpaired) electrons. The number of hydrogen-bond acceptors (Lipinski definition) is 5. The highest BCUT2D eigenvalue weighted by Crippen LogP contribution is 2.41. The number of carbonyl (C=O) groups is 2. The molecule has 2 aromatic rings. The molecule has 1 aromatic heterocycles. The van der Waals surface area contributed by atoms with Crippen LogP contribution in [0.25, 0.3) is 5.76 Å². The molecule has 7 heteroatoms. The summed E-state index contributed by atoms with van der Waals surface area (Å²) in [7, 11) is 3.89. The summed E-state index contributed by atoms with van der Waals surface area (Å²) in [6, 6.07) is 8.28. The molecule has 0 aliphatic carbocycles. The number of likely N-dealkylation sites (tertiary alicyclic amines) is 1. The molecule has 0 bridgehead atoms. The minimum Gasteiger partial charge on any atom is -0.507 e. The molecular weight excluding hydrogens is 367 g/mol. The Morgan fingerprint density at radius 1 is 1.22 bits per heavy atom. The van der Waals surface area contributed by atoms with Gasteiger partial charge in [0.2, 0.25) is 0 Å². The maximum atomic E-state index is 13.2. The van der Waals surface area contributed by atoms with Gasteiger partial charge in [-0.2, -0.15) is 0 Å². The standard InChI is InChI=1S/C20H21FN2O3S/c1-22(2)10-4-11-23-17(15-5-3-12-27-15)16(19(25)20(23)26)18(24)13-6-8-14(21)9-7-13/h3,5-9,12,17,24H,4,10-11H2,1-2H3/b18-16+. The molecule has 142 valence electrons. The highest BCUT2D eigenvalue weighted by Gasteiger charge is 2.46. The Labute approximate surface area is 161 Å². The van der Waals surface area contributed by atoms with Gasteiger partial charge in [0.15, 0.2) is 0 Å². The first-order chi connectivity index (χ1) is 12.9. The molecule has 1 atom stereocenters. The first kappa shape index (κ1) is 19.3. The molecule has 2 heterocycles. The van der Waals surface area contributed by atoms with E-state index in [4.69, 9.17) is 0 Å². The zero-order valence-electron chi connectivity index (χ0n) is 15.2. The second-order valence-electron chi connectivity index (χ2n) is 6.67. The van der Waals surface area contributed by atoms with Gasteiger partial charge in [-0.15, -0.1) is 11.3 Å². The molecular formula is C20H21FN2O3S. The molecule has 3 rings (SSSR count). The second-order valence-corrected chi connectivity index (χ2v) is 7.65. The van der Waals surface area contributed by atoms with E-state index in [2.05, 4.69) is 0 Å². The minimum atomic E-state index is -0.708. The fraction of sp³-hybridized carbons (Fsp3) is 0.300. The van der Waals surface area contributed by atoms with Crippen molar-refractivity contribution < 1.29 is 19.1 Å². The Morgan fingerprint density at radius 2 is 1.93 bits per heavy atom. The number of benzene rings is 1. The van der Waals surface area contributed by atoms with Crippen molar-refractivity contribution in [2.45, 2.75) is 12.5 Å². The van der Waals surface area contributed by atoms with Crippen molar-refractivity contribution in [3.63, 3.8) is 0 Å². The molecule has 1 aromatic carbocycles. The number of rotatable bonds is 6. The van der Waals surface area contributed by atoms with Crippen molar-refractivity contribution in [1.82, 2.24) is 9.80 Å². The van der Waals surface area contributed by atoms with Crippen molar-refractivity contribution in [1.29, 1.82) is 0 Å². The molecule has 5 nitrogen and oxygen atoms in total. The van der Waals surface area contributed by atoms with Crippen LogP contribution in [-0.2, 0) is 9.59 Å². The quantitative estimate of drug-likeness (QED) is 0.469. The smallest absolute Gasteiger partial charge is 0.295 e. The van der Waals surface area contributed by atoms with Crippen LogP contribution in [-0.4, -0.2) is 53.8 Å². The second kappa shape index (κ2) is 8.02. The Bertz CT molecular complexity index is 860. The van der Waals surface area contributed by atoms with E-state index in [1.54, 1.807) is 0 Å². The monoisotopic (exact) mass is 388 g/mol. The van der Waals surface area contributed by atoms with E-state index >= 15 is 0 Å². The first-order valence-corrected chi connectivity index (χ1v) is 9.50. The van der Waals surface area contributed by atoms with Gasteiger partial charge < -0.3 is 14.9 Å². The van der Waals surface area contributed by atoms with Gasteiger partial charge in [-0.25, -0.2) is 4.39 Å². The molecule has 27 heavy (non-hydrogen) atoms. The maximum Gasteiger partial charge on any atom is 0.295 e. The predicted octanol–water partition coefficient (Wildman–Crippen LogP) is 3.26. The number of halogens is 1. The van der Waals surface area contributed by atoms with Gasteiger partial charge >= 0.3 is 0 Å². The average Bonchev–Trinajstić information content (AvgIpc) is 3.24. The van der Waals surface area contributed by atoms with Crippen LogP contribution in [0.5, 0.6) is 0 Å². The number of ketones is 1. The number of nitrogens with zero attached hydrogens (tertiary/aromatic N) is 2. The van der Waals surface area contributed by atoms with Gasteiger partial charge in [-0.3, -0.25) is 9.59 Å². The Balaban J connectivity index is 2.03. The fourth-order valence-corrected chi connectivity index (χ4v) is 4.02. The zero-order valence-corrected chi connectivity index (χ0v) is 16.0. The van der Waals surface area contributed by atoms with E-state index in [0.717, 1.165) is 11.4 Å². The molecule has 1 aliphatic rings. The lowest BCUT2D eigenvalue weighted by atomic mass is 10.00. The van der Waals surface area contributed by atoms with Gasteiger partial charge in [0.25, 0.3) is 11.7 Å². The lowest BCUT2D eigenvalue weighted by Gasteiger charge is -2.24. The van der Waals surface area contributed by atoms with Crippen molar-refractivity contribution in [3.05, 3.63) is 63.6 Å². The van der Waals surface area contributed by atoms with Crippen LogP contribution < -0.4 is 0 Å². The van der Waals surface area contributed by atoms with Gasteiger partial charge in [0.1, 0.15) is 11.6 Å². The highest BCUT2D eigenvalue weighted by molar-refractivity contribution is 7.10.